The van der Waals surface area contributed by atoms with E-state index in [9.17, 15) is 18.8 Å². The molecule has 1 heterocycles. The first kappa shape index (κ1) is 28.0. The minimum absolute atomic E-state index is 0.0438. The number of carbonyl (C=O) groups excluding carboxylic acids is 3. The van der Waals surface area contributed by atoms with Gasteiger partial charge in [0.15, 0.2) is 0 Å². The number of carbonyl (C=O) groups is 3. The van der Waals surface area contributed by atoms with Crippen LogP contribution in [0.4, 0.5) is 25.4 Å². The van der Waals surface area contributed by atoms with Gasteiger partial charge in [-0.1, -0.05) is 29.4 Å². The molecule has 1 unspecified atom stereocenters. The molecule has 0 aliphatic carbocycles. The molecule has 40 heavy (non-hydrogen) atoms. The summed E-state index contributed by atoms with van der Waals surface area (Å²) in [6.07, 6.45) is 0.102. The summed E-state index contributed by atoms with van der Waals surface area (Å²) in [4.78, 5) is 40.0. The van der Waals surface area contributed by atoms with Crippen molar-refractivity contribution >= 4 is 29.8 Å². The van der Waals surface area contributed by atoms with Gasteiger partial charge in [-0.15, -0.1) is 0 Å². The second kappa shape index (κ2) is 12.2. The predicted octanol–water partition coefficient (Wildman–Crippen LogP) is 5.82. The summed E-state index contributed by atoms with van der Waals surface area (Å²) < 4.78 is 25.5. The van der Waals surface area contributed by atoms with E-state index in [0.29, 0.717) is 28.8 Å². The van der Waals surface area contributed by atoms with E-state index in [2.05, 4.69) is 26.1 Å². The number of nitrogens with zero attached hydrogens (tertiary/aromatic N) is 2. The molecule has 0 aliphatic rings. The Bertz CT molecular complexity index is 1480. The highest BCUT2D eigenvalue weighted by atomic mass is 19.1. The lowest BCUT2D eigenvalue weighted by Gasteiger charge is -2.19. The number of aldehydes is 1. The van der Waals surface area contributed by atoms with Gasteiger partial charge in [0.05, 0.1) is 11.6 Å². The third-order valence-electron chi connectivity index (χ3n) is 5.45. The molecule has 11 heteroatoms. The van der Waals surface area contributed by atoms with E-state index in [1.54, 1.807) is 75.4 Å². The van der Waals surface area contributed by atoms with E-state index >= 15 is 0 Å². The van der Waals surface area contributed by atoms with Crippen molar-refractivity contribution in [2.75, 3.05) is 10.6 Å². The number of halogens is 1. The van der Waals surface area contributed by atoms with Crippen LogP contribution in [0.3, 0.4) is 0 Å². The van der Waals surface area contributed by atoms with E-state index in [1.807, 2.05) is 6.07 Å². The lowest BCUT2D eigenvalue weighted by atomic mass is 10.0. The van der Waals surface area contributed by atoms with Crippen molar-refractivity contribution in [2.45, 2.75) is 38.8 Å². The Kier molecular flexibility index (Phi) is 8.53. The molecule has 0 radical (unpaired) electrons. The van der Waals surface area contributed by atoms with Gasteiger partial charge in [-0.3, -0.25) is 5.32 Å². The molecule has 0 bridgehead atoms. The maximum absolute atomic E-state index is 15.0. The largest absolute Gasteiger partial charge is 0.444 e. The first-order valence-electron chi connectivity index (χ1n) is 12.4. The molecule has 0 fully saturated rings. The zero-order chi connectivity index (χ0) is 28.7. The number of nitrogens with one attached hydrogen (secondary N) is 3. The van der Waals surface area contributed by atoms with Gasteiger partial charge >= 0.3 is 12.1 Å². The molecule has 1 aromatic heterocycles. The van der Waals surface area contributed by atoms with E-state index in [4.69, 9.17) is 9.26 Å². The molecule has 0 aliphatic heterocycles. The van der Waals surface area contributed by atoms with Gasteiger partial charge in [0.25, 0.3) is 5.89 Å². The van der Waals surface area contributed by atoms with Crippen molar-refractivity contribution < 1.29 is 28.0 Å². The van der Waals surface area contributed by atoms with Crippen LogP contribution in [0.2, 0.25) is 0 Å². The summed E-state index contributed by atoms with van der Waals surface area (Å²) in [6, 6.07) is 18.4. The molecule has 10 nitrogen and oxygen atoms in total. The fraction of sp³-hybridized carbons (Fsp3) is 0.207. The van der Waals surface area contributed by atoms with Crippen LogP contribution >= 0.6 is 0 Å². The summed E-state index contributed by atoms with van der Waals surface area (Å²) in [7, 11) is 0. The number of aromatic nitrogens is 2. The lowest BCUT2D eigenvalue weighted by molar-refractivity contribution is -0.109. The van der Waals surface area contributed by atoms with E-state index < -0.39 is 29.6 Å². The second-order valence-electron chi connectivity index (χ2n) is 9.85. The van der Waals surface area contributed by atoms with Gasteiger partial charge in [-0.05, 0) is 81.3 Å². The van der Waals surface area contributed by atoms with Crippen molar-refractivity contribution in [3.63, 3.8) is 0 Å². The summed E-state index contributed by atoms with van der Waals surface area (Å²) >= 11 is 0. The average molecular weight is 546 g/mol. The highest BCUT2D eigenvalue weighted by Gasteiger charge is 2.18. The maximum atomic E-state index is 15.0. The average Bonchev–Trinajstić information content (AvgIpc) is 3.38. The minimum Gasteiger partial charge on any atom is -0.444 e. The zero-order valence-electron chi connectivity index (χ0n) is 22.1. The van der Waals surface area contributed by atoms with Crippen LogP contribution in [-0.2, 0) is 16.0 Å². The highest BCUT2D eigenvalue weighted by Crippen LogP contribution is 2.26. The SMILES string of the molecule is CC(C)(C)OC(=O)Nc1ccc(-c2nc(-c3ccc(CC(C=O)NC(=O)Nc4ccccc4)cc3F)no2)cc1. The summed E-state index contributed by atoms with van der Waals surface area (Å²) in [5.74, 6) is -0.403. The van der Waals surface area contributed by atoms with Crippen LogP contribution in [0, 0.1) is 5.82 Å². The Morgan fingerprint density at radius 3 is 2.35 bits per heavy atom. The summed E-state index contributed by atoms with van der Waals surface area (Å²) in [5, 5.41) is 11.7. The Morgan fingerprint density at radius 1 is 1.00 bits per heavy atom. The zero-order valence-corrected chi connectivity index (χ0v) is 22.1. The Hall–Kier alpha value is -5.06. The van der Waals surface area contributed by atoms with Gasteiger partial charge in [-0.25, -0.2) is 14.0 Å². The Balaban J connectivity index is 1.38. The molecular weight excluding hydrogens is 517 g/mol. The molecule has 0 saturated heterocycles. The topological polar surface area (TPSA) is 135 Å². The molecule has 4 rings (SSSR count). The summed E-state index contributed by atoms with van der Waals surface area (Å²) in [6.45, 7) is 5.31. The van der Waals surface area contributed by atoms with Crippen LogP contribution in [0.1, 0.15) is 26.3 Å². The van der Waals surface area contributed by atoms with E-state index in [1.165, 1.54) is 12.1 Å². The second-order valence-corrected chi connectivity index (χ2v) is 9.85. The minimum atomic E-state index is -0.862. The molecule has 3 amide bonds. The van der Waals surface area contributed by atoms with Crippen LogP contribution in [-0.4, -0.2) is 40.2 Å². The number of ether oxygens (including phenoxy) is 1. The third-order valence-corrected chi connectivity index (χ3v) is 5.45. The Labute approximate surface area is 229 Å². The monoisotopic (exact) mass is 545 g/mol. The fourth-order valence-electron chi connectivity index (χ4n) is 3.68. The van der Waals surface area contributed by atoms with E-state index in [0.717, 1.165) is 0 Å². The number of rotatable bonds is 8. The van der Waals surface area contributed by atoms with Crippen LogP contribution in [0.25, 0.3) is 22.8 Å². The smallest absolute Gasteiger partial charge is 0.412 e. The normalized spacial score (nSPS) is 11.8. The molecule has 0 spiro atoms. The van der Waals surface area contributed by atoms with E-state index in [-0.39, 0.29) is 23.7 Å². The number of para-hydroxylation sites is 1. The van der Waals surface area contributed by atoms with Crippen LogP contribution in [0.15, 0.2) is 77.3 Å². The highest BCUT2D eigenvalue weighted by molar-refractivity contribution is 5.91. The molecular formula is C29H28FN5O5. The standard InChI is InChI=1S/C29H28FN5O5/c1-29(2,3)39-28(38)33-21-12-10-19(11-13-21)26-34-25(35-40-26)23-14-9-18(16-24(23)30)15-22(17-36)32-27(37)31-20-7-5-4-6-8-20/h4-14,16-17,22H,15H2,1-3H3,(H,33,38)(H2,31,32,37). The number of amides is 3. The summed E-state index contributed by atoms with van der Waals surface area (Å²) in [5.41, 5.74) is 1.64. The number of benzene rings is 3. The van der Waals surface area contributed by atoms with Crippen LogP contribution < -0.4 is 16.0 Å². The van der Waals surface area contributed by atoms with Gasteiger partial charge in [-0.2, -0.15) is 4.98 Å². The van der Waals surface area contributed by atoms with Crippen molar-refractivity contribution in [1.29, 1.82) is 0 Å². The van der Waals surface area contributed by atoms with Gasteiger partial charge in [0.2, 0.25) is 5.82 Å². The molecule has 206 valence electrons. The number of anilines is 2. The quantitative estimate of drug-likeness (QED) is 0.237. The lowest BCUT2D eigenvalue weighted by Crippen LogP contribution is -2.40. The molecule has 3 aromatic carbocycles. The number of hydrogen-bond donors (Lipinski definition) is 3. The number of hydrogen-bond acceptors (Lipinski definition) is 7. The number of urea groups is 1. The van der Waals surface area contributed by atoms with Gasteiger partial charge < -0.3 is 24.7 Å². The van der Waals surface area contributed by atoms with Gasteiger partial charge in [0.1, 0.15) is 17.7 Å². The predicted molar refractivity (Wildman–Crippen MR) is 147 cm³/mol. The van der Waals surface area contributed by atoms with Gasteiger partial charge in [0, 0.05) is 16.9 Å². The molecule has 4 aromatic rings. The molecule has 3 N–H and O–H groups in total. The fourth-order valence-corrected chi connectivity index (χ4v) is 3.68. The first-order chi connectivity index (χ1) is 19.1. The van der Waals surface area contributed by atoms with Crippen molar-refractivity contribution in [2.24, 2.45) is 0 Å². The van der Waals surface area contributed by atoms with Crippen molar-refractivity contribution in [3.8, 4) is 22.8 Å². The molecule has 0 saturated carbocycles. The third kappa shape index (κ3) is 7.73. The van der Waals surface area contributed by atoms with Crippen molar-refractivity contribution in [1.82, 2.24) is 15.5 Å². The van der Waals surface area contributed by atoms with Crippen LogP contribution in [0.5, 0.6) is 0 Å². The van der Waals surface area contributed by atoms with Crippen molar-refractivity contribution in [3.05, 3.63) is 84.2 Å². The Morgan fingerprint density at radius 2 is 1.70 bits per heavy atom. The molecule has 1 atom stereocenters. The first-order valence-corrected chi connectivity index (χ1v) is 12.4. The maximum Gasteiger partial charge on any atom is 0.412 e.